The van der Waals surface area contributed by atoms with Crippen molar-refractivity contribution in [3.63, 3.8) is 0 Å². The SMILES string of the molecule is CNC(c1csc2ccccc12)C1COc2ccccc21. The summed E-state index contributed by atoms with van der Waals surface area (Å²) in [7, 11) is 2.04. The number of nitrogens with one attached hydrogen (secondary N) is 1. The van der Waals surface area contributed by atoms with Crippen molar-refractivity contribution in [2.45, 2.75) is 12.0 Å². The molecule has 2 nitrogen and oxygen atoms in total. The fourth-order valence-electron chi connectivity index (χ4n) is 3.28. The molecule has 2 atom stereocenters. The lowest BCUT2D eigenvalue weighted by molar-refractivity contribution is 0.305. The molecule has 3 heteroatoms. The first-order valence-corrected chi connectivity index (χ1v) is 8.11. The Bertz CT molecular complexity index is 779. The largest absolute Gasteiger partial charge is 0.493 e. The van der Waals surface area contributed by atoms with Gasteiger partial charge in [0.05, 0.1) is 6.61 Å². The number of rotatable bonds is 3. The highest BCUT2D eigenvalue weighted by atomic mass is 32.1. The van der Waals surface area contributed by atoms with Crippen LogP contribution >= 0.6 is 11.3 Å². The Hall–Kier alpha value is -1.84. The molecule has 0 radical (unpaired) electrons. The fraction of sp³-hybridized carbons (Fsp3) is 0.222. The molecule has 0 saturated carbocycles. The predicted molar refractivity (Wildman–Crippen MR) is 88.3 cm³/mol. The zero-order valence-electron chi connectivity index (χ0n) is 11.9. The lowest BCUT2D eigenvalue weighted by atomic mass is 9.88. The minimum absolute atomic E-state index is 0.282. The van der Waals surface area contributed by atoms with E-state index in [1.165, 1.54) is 21.2 Å². The number of thiophene rings is 1. The van der Waals surface area contributed by atoms with Gasteiger partial charge in [-0.15, -0.1) is 11.3 Å². The molecule has 0 spiro atoms. The summed E-state index contributed by atoms with van der Waals surface area (Å²) in [6.45, 7) is 0.745. The lowest BCUT2D eigenvalue weighted by Gasteiger charge is -2.22. The van der Waals surface area contributed by atoms with Crippen molar-refractivity contribution in [3.8, 4) is 5.75 Å². The first kappa shape index (κ1) is 12.9. The van der Waals surface area contributed by atoms with E-state index >= 15 is 0 Å². The molecule has 0 fully saturated rings. The van der Waals surface area contributed by atoms with Crippen LogP contribution in [0.4, 0.5) is 0 Å². The smallest absolute Gasteiger partial charge is 0.122 e. The Kier molecular flexibility index (Phi) is 3.17. The maximum Gasteiger partial charge on any atom is 0.122 e. The summed E-state index contributed by atoms with van der Waals surface area (Å²) in [4.78, 5) is 0. The Morgan fingerprint density at radius 1 is 1.14 bits per heavy atom. The van der Waals surface area contributed by atoms with E-state index in [0.717, 1.165) is 12.4 Å². The summed E-state index contributed by atoms with van der Waals surface area (Å²) < 4.78 is 7.21. The van der Waals surface area contributed by atoms with Gasteiger partial charge in [-0.3, -0.25) is 0 Å². The molecule has 0 amide bonds. The second-order valence-electron chi connectivity index (χ2n) is 5.41. The molecular weight excluding hydrogens is 278 g/mol. The van der Waals surface area contributed by atoms with Gasteiger partial charge in [-0.2, -0.15) is 0 Å². The van der Waals surface area contributed by atoms with Crippen molar-refractivity contribution in [2.24, 2.45) is 0 Å². The van der Waals surface area contributed by atoms with Gasteiger partial charge >= 0.3 is 0 Å². The number of ether oxygens (including phenoxy) is 1. The van der Waals surface area contributed by atoms with Gasteiger partial charge in [0.1, 0.15) is 5.75 Å². The second kappa shape index (κ2) is 5.17. The number of hydrogen-bond donors (Lipinski definition) is 1. The maximum absolute atomic E-state index is 5.87. The molecule has 1 aliphatic rings. The molecule has 2 heterocycles. The zero-order chi connectivity index (χ0) is 14.2. The van der Waals surface area contributed by atoms with E-state index in [4.69, 9.17) is 4.74 Å². The molecule has 4 rings (SSSR count). The van der Waals surface area contributed by atoms with E-state index in [9.17, 15) is 0 Å². The highest BCUT2D eigenvalue weighted by Crippen LogP contribution is 2.43. The van der Waals surface area contributed by atoms with Crippen molar-refractivity contribution in [2.75, 3.05) is 13.7 Å². The van der Waals surface area contributed by atoms with Crippen LogP contribution < -0.4 is 10.1 Å². The van der Waals surface area contributed by atoms with E-state index in [1.807, 2.05) is 24.5 Å². The third-order valence-corrected chi connectivity index (χ3v) is 5.28. The quantitative estimate of drug-likeness (QED) is 0.776. The second-order valence-corrected chi connectivity index (χ2v) is 6.32. The van der Waals surface area contributed by atoms with Crippen LogP contribution in [-0.4, -0.2) is 13.7 Å². The van der Waals surface area contributed by atoms with Crippen molar-refractivity contribution in [1.82, 2.24) is 5.32 Å². The molecule has 1 aromatic heterocycles. The van der Waals surface area contributed by atoms with Crippen LogP contribution in [0.5, 0.6) is 5.75 Å². The Morgan fingerprint density at radius 3 is 2.86 bits per heavy atom. The highest BCUT2D eigenvalue weighted by Gasteiger charge is 2.32. The van der Waals surface area contributed by atoms with E-state index in [1.54, 1.807) is 0 Å². The minimum Gasteiger partial charge on any atom is -0.493 e. The normalized spacial score (nSPS) is 18.4. The molecule has 0 aliphatic carbocycles. The van der Waals surface area contributed by atoms with Gasteiger partial charge in [-0.25, -0.2) is 0 Å². The first-order chi connectivity index (χ1) is 10.4. The van der Waals surface area contributed by atoms with Gasteiger partial charge in [0.25, 0.3) is 0 Å². The summed E-state index contributed by atoms with van der Waals surface area (Å²) in [5.74, 6) is 1.39. The average Bonchev–Trinajstić information content (AvgIpc) is 3.14. The Morgan fingerprint density at radius 2 is 1.95 bits per heavy atom. The third-order valence-electron chi connectivity index (χ3n) is 4.30. The standard InChI is InChI=1S/C18H17NOS/c1-19-18(14-10-20-16-8-4-2-6-12(14)16)15-11-21-17-9-5-3-7-13(15)17/h2-9,11,14,18-19H,10H2,1H3. The van der Waals surface area contributed by atoms with Gasteiger partial charge < -0.3 is 10.1 Å². The Labute approximate surface area is 128 Å². The predicted octanol–water partition coefficient (Wildman–Crippen LogP) is 4.34. The van der Waals surface area contributed by atoms with Crippen LogP contribution in [0.25, 0.3) is 10.1 Å². The van der Waals surface area contributed by atoms with Crippen molar-refractivity contribution in [1.29, 1.82) is 0 Å². The van der Waals surface area contributed by atoms with Crippen LogP contribution in [0.2, 0.25) is 0 Å². The van der Waals surface area contributed by atoms with Crippen molar-refractivity contribution >= 4 is 21.4 Å². The van der Waals surface area contributed by atoms with Crippen LogP contribution in [0.3, 0.4) is 0 Å². The molecule has 2 unspecified atom stereocenters. The summed E-state index contributed by atoms with van der Waals surface area (Å²) in [6.07, 6.45) is 0. The van der Waals surface area contributed by atoms with Crippen LogP contribution in [0.1, 0.15) is 23.1 Å². The van der Waals surface area contributed by atoms with Gasteiger partial charge in [0, 0.05) is 22.2 Å². The Balaban J connectivity index is 1.79. The highest BCUT2D eigenvalue weighted by molar-refractivity contribution is 7.17. The van der Waals surface area contributed by atoms with Gasteiger partial charge in [-0.1, -0.05) is 36.4 Å². The minimum atomic E-state index is 0.282. The molecular formula is C18H17NOS. The summed E-state index contributed by atoms with van der Waals surface area (Å²) in [5.41, 5.74) is 2.69. The third kappa shape index (κ3) is 2.04. The number of likely N-dealkylation sites (N-methyl/N-ethyl adjacent to an activating group) is 1. The number of para-hydroxylation sites is 1. The molecule has 3 aromatic rings. The molecule has 2 aromatic carbocycles. The molecule has 1 aliphatic heterocycles. The van der Waals surface area contributed by atoms with E-state index in [-0.39, 0.29) is 6.04 Å². The molecule has 106 valence electrons. The maximum atomic E-state index is 5.87. The zero-order valence-corrected chi connectivity index (χ0v) is 12.7. The average molecular weight is 295 g/mol. The fourth-order valence-corrected chi connectivity index (χ4v) is 4.27. The number of benzene rings is 2. The monoisotopic (exact) mass is 295 g/mol. The van der Waals surface area contributed by atoms with E-state index in [2.05, 4.69) is 53.2 Å². The van der Waals surface area contributed by atoms with Crippen molar-refractivity contribution < 1.29 is 4.74 Å². The summed E-state index contributed by atoms with van der Waals surface area (Å²) >= 11 is 1.82. The molecule has 0 saturated heterocycles. The van der Waals surface area contributed by atoms with Crippen LogP contribution in [-0.2, 0) is 0 Å². The van der Waals surface area contributed by atoms with Gasteiger partial charge in [0.2, 0.25) is 0 Å². The van der Waals surface area contributed by atoms with Crippen LogP contribution in [0.15, 0.2) is 53.9 Å². The molecule has 1 N–H and O–H groups in total. The lowest BCUT2D eigenvalue weighted by Crippen LogP contribution is -2.24. The molecule has 21 heavy (non-hydrogen) atoms. The van der Waals surface area contributed by atoms with Crippen LogP contribution in [0, 0.1) is 0 Å². The van der Waals surface area contributed by atoms with Gasteiger partial charge in [-0.05, 0) is 35.5 Å². The van der Waals surface area contributed by atoms with E-state index < -0.39 is 0 Å². The summed E-state index contributed by atoms with van der Waals surface area (Å²) in [6, 6.07) is 17.3. The molecule has 0 bridgehead atoms. The van der Waals surface area contributed by atoms with Gasteiger partial charge in [0.15, 0.2) is 0 Å². The number of fused-ring (bicyclic) bond motifs is 2. The van der Waals surface area contributed by atoms with Crippen molar-refractivity contribution in [3.05, 3.63) is 65.0 Å². The first-order valence-electron chi connectivity index (χ1n) is 7.23. The summed E-state index contributed by atoms with van der Waals surface area (Å²) in [5, 5.41) is 7.14. The number of hydrogen-bond acceptors (Lipinski definition) is 3. The van der Waals surface area contributed by atoms with E-state index in [0.29, 0.717) is 5.92 Å². The topological polar surface area (TPSA) is 21.3 Å².